The van der Waals surface area contributed by atoms with Crippen molar-refractivity contribution in [2.45, 2.75) is 39.5 Å². The normalized spacial score (nSPS) is 9.89. The Morgan fingerprint density at radius 3 is 2.39 bits per heavy atom. The van der Waals surface area contributed by atoms with Crippen molar-refractivity contribution in [3.63, 3.8) is 0 Å². The number of benzene rings is 1. The molecule has 0 heterocycles. The van der Waals surface area contributed by atoms with Gasteiger partial charge in [-0.3, -0.25) is 0 Å². The molecule has 18 heavy (non-hydrogen) atoms. The fraction of sp³-hybridized carbons (Fsp3) is 0.500. The molecular formula is C16H26ClN. The summed E-state index contributed by atoms with van der Waals surface area (Å²) in [6.45, 7) is 11.2. The highest BCUT2D eigenvalue weighted by atomic mass is 35.5. The van der Waals surface area contributed by atoms with Crippen LogP contribution < -0.4 is 5.32 Å². The third-order valence-electron chi connectivity index (χ3n) is 2.64. The van der Waals surface area contributed by atoms with Crippen LogP contribution in [0.2, 0.25) is 5.02 Å². The summed E-state index contributed by atoms with van der Waals surface area (Å²) < 4.78 is 0. The molecule has 0 aromatic heterocycles. The largest absolute Gasteiger partial charge is 0.320 e. The number of aryl methyl sites for hydroxylation is 1. The van der Waals surface area contributed by atoms with Crippen LogP contribution in [-0.4, -0.2) is 13.6 Å². The van der Waals surface area contributed by atoms with Crippen LogP contribution in [0.25, 0.3) is 0 Å². The summed E-state index contributed by atoms with van der Waals surface area (Å²) in [6.07, 6.45) is 3.98. The molecule has 1 N–H and O–H groups in total. The minimum atomic E-state index is 0.538. The molecule has 0 spiro atoms. The van der Waals surface area contributed by atoms with Gasteiger partial charge in [0.1, 0.15) is 0 Å². The lowest BCUT2D eigenvalue weighted by Gasteiger charge is -2.08. The maximum atomic E-state index is 6.05. The van der Waals surface area contributed by atoms with Crippen molar-refractivity contribution >= 4 is 11.6 Å². The lowest BCUT2D eigenvalue weighted by molar-refractivity contribution is 0.860. The van der Waals surface area contributed by atoms with Gasteiger partial charge in [0.15, 0.2) is 0 Å². The summed E-state index contributed by atoms with van der Waals surface area (Å²) >= 11 is 6.05. The number of hydrogen-bond acceptors (Lipinski definition) is 1. The Hall–Kier alpha value is -0.790. The first-order valence-corrected chi connectivity index (χ1v) is 6.97. The first kappa shape index (κ1) is 17.2. The van der Waals surface area contributed by atoms with Crippen LogP contribution in [0.3, 0.4) is 0 Å². The third-order valence-corrected chi connectivity index (χ3v) is 2.86. The van der Waals surface area contributed by atoms with E-state index < -0.39 is 0 Å². The zero-order valence-electron chi connectivity index (χ0n) is 12.1. The Bertz CT molecular complexity index is 343. The van der Waals surface area contributed by atoms with E-state index in [1.165, 1.54) is 11.1 Å². The molecule has 1 aromatic rings. The molecule has 102 valence electrons. The maximum absolute atomic E-state index is 6.05. The van der Waals surface area contributed by atoms with E-state index in [1.807, 2.05) is 25.3 Å². The molecule has 0 saturated heterocycles. The number of hydrogen-bond donors (Lipinski definition) is 1. The molecule has 0 atom stereocenters. The Morgan fingerprint density at radius 1 is 1.33 bits per heavy atom. The van der Waals surface area contributed by atoms with Gasteiger partial charge < -0.3 is 5.32 Å². The number of halogens is 1. The van der Waals surface area contributed by atoms with Crippen LogP contribution in [-0.2, 0) is 6.42 Å². The first-order chi connectivity index (χ1) is 8.54. The molecule has 0 saturated carbocycles. The molecule has 0 radical (unpaired) electrons. The topological polar surface area (TPSA) is 12.0 Å². The first-order valence-electron chi connectivity index (χ1n) is 6.60. The molecule has 0 aliphatic heterocycles. The fourth-order valence-electron chi connectivity index (χ4n) is 1.42. The summed E-state index contributed by atoms with van der Waals surface area (Å²) in [5, 5.41) is 3.77. The number of allylic oxidation sites excluding steroid dienone is 1. The smallest absolute Gasteiger partial charge is 0.0411 e. The van der Waals surface area contributed by atoms with E-state index in [0.717, 1.165) is 24.4 Å². The quantitative estimate of drug-likeness (QED) is 0.755. The van der Waals surface area contributed by atoms with Crippen LogP contribution in [0.1, 0.15) is 44.2 Å². The second-order valence-corrected chi connectivity index (χ2v) is 5.02. The van der Waals surface area contributed by atoms with Crippen molar-refractivity contribution in [3.05, 3.63) is 47.0 Å². The highest BCUT2D eigenvalue weighted by molar-refractivity contribution is 6.30. The molecular weight excluding hydrogens is 242 g/mol. The predicted molar refractivity (Wildman–Crippen MR) is 83.7 cm³/mol. The molecule has 0 aliphatic rings. The van der Waals surface area contributed by atoms with Crippen LogP contribution >= 0.6 is 11.6 Å². The van der Waals surface area contributed by atoms with E-state index in [0.29, 0.717) is 5.92 Å². The standard InChI is InChI=1S/C13H17Cl.C3H9N/c1-4-5-6-11-7-12(10(2)3)9-13(14)8-11;1-3-4-2/h4,7-10H,1,5-6H2,2-3H3;4H,3H2,1-2H3. The Balaban J connectivity index is 0.000000631. The average molecular weight is 268 g/mol. The van der Waals surface area contributed by atoms with Crippen LogP contribution in [0.4, 0.5) is 0 Å². The second kappa shape index (κ2) is 10.2. The Kier molecular flexibility index (Phi) is 9.72. The zero-order valence-corrected chi connectivity index (χ0v) is 12.8. The molecule has 1 nitrogen and oxygen atoms in total. The van der Waals surface area contributed by atoms with Gasteiger partial charge in [0.05, 0.1) is 0 Å². The van der Waals surface area contributed by atoms with E-state index in [4.69, 9.17) is 11.6 Å². The van der Waals surface area contributed by atoms with Crippen molar-refractivity contribution < 1.29 is 0 Å². The van der Waals surface area contributed by atoms with Gasteiger partial charge in [-0.1, -0.05) is 44.5 Å². The number of rotatable bonds is 5. The van der Waals surface area contributed by atoms with E-state index in [9.17, 15) is 0 Å². The summed E-state index contributed by atoms with van der Waals surface area (Å²) in [7, 11) is 1.93. The van der Waals surface area contributed by atoms with Crippen molar-refractivity contribution in [3.8, 4) is 0 Å². The van der Waals surface area contributed by atoms with E-state index in [2.05, 4.69) is 38.7 Å². The van der Waals surface area contributed by atoms with Crippen LogP contribution in [0.15, 0.2) is 30.9 Å². The Labute approximate surface area is 117 Å². The van der Waals surface area contributed by atoms with Crippen molar-refractivity contribution in [1.29, 1.82) is 0 Å². The lowest BCUT2D eigenvalue weighted by atomic mass is 9.99. The minimum absolute atomic E-state index is 0.538. The van der Waals surface area contributed by atoms with E-state index in [-0.39, 0.29) is 0 Å². The van der Waals surface area contributed by atoms with Gasteiger partial charge in [0.25, 0.3) is 0 Å². The van der Waals surface area contributed by atoms with Crippen LogP contribution in [0, 0.1) is 0 Å². The number of nitrogens with one attached hydrogen (secondary N) is 1. The molecule has 2 heteroatoms. The van der Waals surface area contributed by atoms with Gasteiger partial charge in [0, 0.05) is 5.02 Å². The maximum Gasteiger partial charge on any atom is 0.0411 e. The molecule has 0 amide bonds. The summed E-state index contributed by atoms with van der Waals surface area (Å²) in [4.78, 5) is 0. The zero-order chi connectivity index (χ0) is 14.0. The summed E-state index contributed by atoms with van der Waals surface area (Å²) in [5.74, 6) is 0.538. The lowest BCUT2D eigenvalue weighted by Crippen LogP contribution is -2.01. The summed E-state index contributed by atoms with van der Waals surface area (Å²) in [5.41, 5.74) is 2.62. The van der Waals surface area contributed by atoms with Gasteiger partial charge in [-0.25, -0.2) is 0 Å². The molecule has 0 bridgehead atoms. The predicted octanol–water partition coefficient (Wildman–Crippen LogP) is 4.81. The molecule has 0 unspecified atom stereocenters. The molecule has 1 rings (SSSR count). The second-order valence-electron chi connectivity index (χ2n) is 4.58. The van der Waals surface area contributed by atoms with Gasteiger partial charge in [-0.15, -0.1) is 6.58 Å². The van der Waals surface area contributed by atoms with Crippen molar-refractivity contribution in [2.75, 3.05) is 13.6 Å². The monoisotopic (exact) mass is 267 g/mol. The summed E-state index contributed by atoms with van der Waals surface area (Å²) in [6, 6.07) is 6.32. The highest BCUT2D eigenvalue weighted by Gasteiger charge is 2.02. The Morgan fingerprint density at radius 2 is 1.94 bits per heavy atom. The highest BCUT2D eigenvalue weighted by Crippen LogP contribution is 2.22. The molecule has 1 aromatic carbocycles. The van der Waals surface area contributed by atoms with Gasteiger partial charge in [0.2, 0.25) is 0 Å². The average Bonchev–Trinajstić information content (AvgIpc) is 2.36. The van der Waals surface area contributed by atoms with Crippen molar-refractivity contribution in [1.82, 2.24) is 5.32 Å². The van der Waals surface area contributed by atoms with Gasteiger partial charge in [-0.05, 0) is 55.6 Å². The van der Waals surface area contributed by atoms with Gasteiger partial charge >= 0.3 is 0 Å². The van der Waals surface area contributed by atoms with E-state index in [1.54, 1.807) is 0 Å². The molecule has 0 aliphatic carbocycles. The van der Waals surface area contributed by atoms with Gasteiger partial charge in [-0.2, -0.15) is 0 Å². The minimum Gasteiger partial charge on any atom is -0.320 e. The van der Waals surface area contributed by atoms with Crippen molar-refractivity contribution in [2.24, 2.45) is 0 Å². The SMILES string of the molecule is C=CCCc1cc(Cl)cc(C(C)C)c1.CCNC. The fourth-order valence-corrected chi connectivity index (χ4v) is 1.69. The van der Waals surface area contributed by atoms with E-state index >= 15 is 0 Å². The third kappa shape index (κ3) is 7.52. The van der Waals surface area contributed by atoms with Crippen LogP contribution in [0.5, 0.6) is 0 Å². The molecule has 0 fully saturated rings.